The van der Waals surface area contributed by atoms with Crippen LogP contribution < -0.4 is 15.2 Å². The van der Waals surface area contributed by atoms with Crippen LogP contribution in [0.3, 0.4) is 0 Å². The second-order valence-electron chi connectivity index (χ2n) is 6.94. The Morgan fingerprint density at radius 2 is 2.08 bits per heavy atom. The summed E-state index contributed by atoms with van der Waals surface area (Å²) in [6, 6.07) is 8.50. The summed E-state index contributed by atoms with van der Waals surface area (Å²) in [7, 11) is 3.36. The van der Waals surface area contributed by atoms with E-state index in [0.29, 0.717) is 5.58 Å². The second kappa shape index (κ2) is 5.64. The maximum atomic E-state index is 11.5. The predicted octanol–water partition coefficient (Wildman–Crippen LogP) is 2.79. The zero-order valence-electron chi connectivity index (χ0n) is 14.8. The van der Waals surface area contributed by atoms with Gasteiger partial charge in [-0.05, 0) is 47.7 Å². The van der Waals surface area contributed by atoms with E-state index in [0.717, 1.165) is 42.9 Å². The summed E-state index contributed by atoms with van der Waals surface area (Å²) in [5.74, 6) is 1.21. The number of aromatic nitrogens is 1. The molecule has 1 unspecified atom stereocenters. The van der Waals surface area contributed by atoms with Crippen LogP contribution in [0.2, 0.25) is 0 Å². The van der Waals surface area contributed by atoms with Crippen molar-refractivity contribution in [2.24, 2.45) is 0 Å². The van der Waals surface area contributed by atoms with Crippen LogP contribution in [-0.2, 0) is 19.4 Å². The minimum atomic E-state index is -0.398. The first-order valence-electron chi connectivity index (χ1n) is 8.80. The summed E-state index contributed by atoms with van der Waals surface area (Å²) in [5.41, 5.74) is 6.46. The molecule has 0 radical (unpaired) electrons. The van der Waals surface area contributed by atoms with Crippen molar-refractivity contribution >= 4 is 11.1 Å². The van der Waals surface area contributed by atoms with Gasteiger partial charge >= 0.3 is 5.76 Å². The number of hydrogen-bond acceptors (Lipinski definition) is 5. The molecule has 6 nitrogen and oxygen atoms in total. The predicted molar refractivity (Wildman–Crippen MR) is 96.9 cm³/mol. The van der Waals surface area contributed by atoms with E-state index in [1.807, 2.05) is 12.1 Å². The quantitative estimate of drug-likeness (QED) is 0.768. The Kier molecular flexibility index (Phi) is 3.37. The van der Waals surface area contributed by atoms with E-state index in [9.17, 15) is 4.79 Å². The average Bonchev–Trinajstić information content (AvgIpc) is 3.02. The summed E-state index contributed by atoms with van der Waals surface area (Å²) < 4.78 is 16.4. The monoisotopic (exact) mass is 352 g/mol. The third-order valence-corrected chi connectivity index (χ3v) is 5.67. The molecule has 1 aromatic heterocycles. The number of fused-ring (bicyclic) bond motifs is 5. The fourth-order valence-electron chi connectivity index (χ4n) is 4.44. The molecule has 3 heterocycles. The molecule has 6 heteroatoms. The van der Waals surface area contributed by atoms with Crippen molar-refractivity contribution in [3.8, 4) is 11.5 Å². The lowest BCUT2D eigenvalue weighted by Gasteiger charge is -2.41. The number of hydrogen-bond donors (Lipinski definition) is 1. The molecular weight excluding hydrogens is 332 g/mol. The summed E-state index contributed by atoms with van der Waals surface area (Å²) in [6.07, 6.45) is 1.86. The number of benzene rings is 2. The van der Waals surface area contributed by atoms with E-state index < -0.39 is 5.76 Å². The Hall–Kier alpha value is -2.73. The summed E-state index contributed by atoms with van der Waals surface area (Å²) in [6.45, 7) is 1.81. The zero-order chi connectivity index (χ0) is 17.8. The number of H-pyrrole nitrogens is 1. The van der Waals surface area contributed by atoms with Crippen molar-refractivity contribution in [1.29, 1.82) is 0 Å². The Labute approximate surface area is 150 Å². The standard InChI is InChI=1S/C20H20N2O4/c1-24-17-4-3-11-8-16-13-9-18-15(21-20(23)26-18)7-12(13)5-6-22(16)10-14(11)19(17)25-2/h3-4,7,9,16H,5-6,8,10H2,1-2H3,(H,21,23). The summed E-state index contributed by atoms with van der Waals surface area (Å²) in [5, 5.41) is 0. The Morgan fingerprint density at radius 3 is 2.88 bits per heavy atom. The molecule has 1 atom stereocenters. The molecule has 0 fully saturated rings. The molecule has 2 aliphatic heterocycles. The molecule has 0 saturated carbocycles. The van der Waals surface area contributed by atoms with Gasteiger partial charge in [0.2, 0.25) is 0 Å². The van der Waals surface area contributed by atoms with E-state index in [2.05, 4.69) is 22.0 Å². The largest absolute Gasteiger partial charge is 0.493 e. The van der Waals surface area contributed by atoms with E-state index in [4.69, 9.17) is 13.9 Å². The fraction of sp³-hybridized carbons (Fsp3) is 0.350. The number of rotatable bonds is 2. The number of aromatic amines is 1. The molecule has 2 aromatic carbocycles. The van der Waals surface area contributed by atoms with Crippen molar-refractivity contribution in [1.82, 2.24) is 9.88 Å². The maximum Gasteiger partial charge on any atom is 0.417 e. The van der Waals surface area contributed by atoms with Gasteiger partial charge in [0.1, 0.15) is 0 Å². The Bertz CT molecular complexity index is 1070. The molecule has 0 spiro atoms. The van der Waals surface area contributed by atoms with Gasteiger partial charge in [0.25, 0.3) is 0 Å². The smallest absolute Gasteiger partial charge is 0.417 e. The number of nitrogens with zero attached hydrogens (tertiary/aromatic N) is 1. The topological polar surface area (TPSA) is 67.7 Å². The van der Waals surface area contributed by atoms with Gasteiger partial charge < -0.3 is 13.9 Å². The molecule has 134 valence electrons. The zero-order valence-corrected chi connectivity index (χ0v) is 14.8. The molecule has 3 aromatic rings. The van der Waals surface area contributed by atoms with E-state index >= 15 is 0 Å². The van der Waals surface area contributed by atoms with Crippen molar-refractivity contribution in [3.05, 3.63) is 57.1 Å². The third-order valence-electron chi connectivity index (χ3n) is 5.67. The first-order chi connectivity index (χ1) is 12.7. The van der Waals surface area contributed by atoms with E-state index in [1.165, 1.54) is 22.3 Å². The lowest BCUT2D eigenvalue weighted by Crippen LogP contribution is -2.39. The van der Waals surface area contributed by atoms with Crippen LogP contribution in [0.25, 0.3) is 11.1 Å². The highest BCUT2D eigenvalue weighted by Crippen LogP contribution is 2.44. The molecule has 1 N–H and O–H groups in total. The van der Waals surface area contributed by atoms with Crippen LogP contribution in [0, 0.1) is 0 Å². The molecule has 0 saturated heterocycles. The molecule has 2 aliphatic rings. The van der Waals surface area contributed by atoms with Crippen LogP contribution in [0.5, 0.6) is 11.5 Å². The number of oxazole rings is 1. The molecule has 26 heavy (non-hydrogen) atoms. The highest BCUT2D eigenvalue weighted by atomic mass is 16.5. The minimum Gasteiger partial charge on any atom is -0.493 e. The lowest BCUT2D eigenvalue weighted by atomic mass is 9.83. The van der Waals surface area contributed by atoms with E-state index in [-0.39, 0.29) is 6.04 Å². The third kappa shape index (κ3) is 2.18. The average molecular weight is 352 g/mol. The highest BCUT2D eigenvalue weighted by Gasteiger charge is 2.34. The van der Waals surface area contributed by atoms with Crippen LogP contribution >= 0.6 is 0 Å². The van der Waals surface area contributed by atoms with Gasteiger partial charge in [0, 0.05) is 24.7 Å². The molecular formula is C20H20N2O4. The van der Waals surface area contributed by atoms with Crippen LogP contribution in [-0.4, -0.2) is 30.6 Å². The highest BCUT2D eigenvalue weighted by molar-refractivity contribution is 5.75. The van der Waals surface area contributed by atoms with Crippen LogP contribution in [0.1, 0.15) is 28.3 Å². The first kappa shape index (κ1) is 15.5. The van der Waals surface area contributed by atoms with Gasteiger partial charge in [0.15, 0.2) is 17.1 Å². The van der Waals surface area contributed by atoms with Crippen molar-refractivity contribution < 1.29 is 13.9 Å². The fourth-order valence-corrected chi connectivity index (χ4v) is 4.44. The van der Waals surface area contributed by atoms with Gasteiger partial charge in [-0.3, -0.25) is 9.88 Å². The number of ether oxygens (including phenoxy) is 2. The molecule has 0 bridgehead atoms. The normalized spacial score (nSPS) is 18.9. The van der Waals surface area contributed by atoms with Crippen molar-refractivity contribution in [2.75, 3.05) is 20.8 Å². The number of nitrogens with one attached hydrogen (secondary N) is 1. The summed E-state index contributed by atoms with van der Waals surface area (Å²) in [4.78, 5) is 16.8. The maximum absolute atomic E-state index is 11.5. The second-order valence-corrected chi connectivity index (χ2v) is 6.94. The SMILES string of the molecule is COc1ccc2c(c1OC)CN1CCc3cc4[nH]c(=O)oc4cc3C1C2. The molecule has 5 rings (SSSR count). The van der Waals surface area contributed by atoms with Crippen molar-refractivity contribution in [2.45, 2.75) is 25.4 Å². The minimum absolute atomic E-state index is 0.286. The van der Waals surface area contributed by atoms with Crippen LogP contribution in [0.4, 0.5) is 0 Å². The Morgan fingerprint density at radius 1 is 1.19 bits per heavy atom. The van der Waals surface area contributed by atoms with Crippen molar-refractivity contribution in [3.63, 3.8) is 0 Å². The van der Waals surface area contributed by atoms with Gasteiger partial charge in [0.05, 0.1) is 19.7 Å². The lowest BCUT2D eigenvalue weighted by molar-refractivity contribution is 0.158. The van der Waals surface area contributed by atoms with Gasteiger partial charge in [-0.1, -0.05) is 6.07 Å². The van der Waals surface area contributed by atoms with Gasteiger partial charge in [-0.15, -0.1) is 0 Å². The van der Waals surface area contributed by atoms with Gasteiger partial charge in [-0.2, -0.15) is 0 Å². The Balaban J connectivity index is 1.61. The summed E-state index contributed by atoms with van der Waals surface area (Å²) >= 11 is 0. The van der Waals surface area contributed by atoms with Gasteiger partial charge in [-0.25, -0.2) is 4.79 Å². The molecule has 0 amide bonds. The van der Waals surface area contributed by atoms with E-state index in [1.54, 1.807) is 14.2 Å². The molecule has 0 aliphatic carbocycles. The first-order valence-corrected chi connectivity index (χ1v) is 8.80. The number of methoxy groups -OCH3 is 2. The van der Waals surface area contributed by atoms with Crippen LogP contribution in [0.15, 0.2) is 33.5 Å².